The van der Waals surface area contributed by atoms with Crippen molar-refractivity contribution in [2.75, 3.05) is 5.32 Å². The van der Waals surface area contributed by atoms with Gasteiger partial charge in [0.25, 0.3) is 0 Å². The molecule has 0 saturated heterocycles. The topological polar surface area (TPSA) is 75.3 Å². The van der Waals surface area contributed by atoms with Crippen LogP contribution in [0.15, 0.2) is 53.4 Å². The highest BCUT2D eigenvalue weighted by Crippen LogP contribution is 2.22. The van der Waals surface area contributed by atoms with Gasteiger partial charge in [-0.25, -0.2) is 17.5 Å². The third-order valence-electron chi connectivity index (χ3n) is 3.20. The molecule has 0 saturated carbocycles. The van der Waals surface area contributed by atoms with Crippen LogP contribution in [0.3, 0.4) is 0 Å². The zero-order valence-electron chi connectivity index (χ0n) is 14.3. The fourth-order valence-corrected chi connectivity index (χ4v) is 3.85. The summed E-state index contributed by atoms with van der Waals surface area (Å²) in [4.78, 5) is 12.2. The lowest BCUT2D eigenvalue weighted by Crippen LogP contribution is -2.40. The van der Waals surface area contributed by atoms with E-state index >= 15 is 0 Å². The van der Waals surface area contributed by atoms with Crippen molar-refractivity contribution < 1.29 is 17.6 Å². The van der Waals surface area contributed by atoms with Gasteiger partial charge in [-0.2, -0.15) is 0 Å². The summed E-state index contributed by atoms with van der Waals surface area (Å²) < 4.78 is 41.3. The molecular formula is C18H21FN2O3S. The first-order chi connectivity index (χ1) is 11.6. The molecule has 0 fully saturated rings. The highest BCUT2D eigenvalue weighted by molar-refractivity contribution is 7.89. The van der Waals surface area contributed by atoms with Crippen LogP contribution in [0.25, 0.3) is 0 Å². The van der Waals surface area contributed by atoms with E-state index < -0.39 is 27.3 Å². The number of hydrogen-bond acceptors (Lipinski definition) is 3. The van der Waals surface area contributed by atoms with Gasteiger partial charge in [-0.3, -0.25) is 4.79 Å². The molecule has 2 rings (SSSR count). The molecule has 5 nitrogen and oxygen atoms in total. The molecule has 2 aromatic rings. The minimum absolute atomic E-state index is 0.0354. The van der Waals surface area contributed by atoms with Crippen LogP contribution in [0.5, 0.6) is 0 Å². The predicted octanol–water partition coefficient (Wildman–Crippen LogP) is 3.08. The molecule has 0 aromatic heterocycles. The highest BCUT2D eigenvalue weighted by atomic mass is 32.2. The monoisotopic (exact) mass is 364 g/mol. The number of carbonyl (C=O) groups excluding carboxylic acids is 1. The lowest BCUT2D eigenvalue weighted by Gasteiger charge is -2.21. The second-order valence-corrected chi connectivity index (χ2v) is 8.32. The number of rotatable bonds is 5. The second-order valence-electron chi connectivity index (χ2n) is 6.67. The summed E-state index contributed by atoms with van der Waals surface area (Å²) in [5.41, 5.74) is -0.267. The van der Waals surface area contributed by atoms with E-state index in [1.165, 1.54) is 30.3 Å². The van der Waals surface area contributed by atoms with Crippen molar-refractivity contribution in [1.82, 2.24) is 4.72 Å². The van der Waals surface area contributed by atoms with Gasteiger partial charge in [-0.15, -0.1) is 0 Å². The van der Waals surface area contributed by atoms with E-state index in [1.54, 1.807) is 39.0 Å². The number of benzene rings is 2. The van der Waals surface area contributed by atoms with Crippen LogP contribution in [0.2, 0.25) is 0 Å². The zero-order chi connectivity index (χ0) is 18.7. The molecule has 0 aliphatic carbocycles. The average molecular weight is 364 g/mol. The van der Waals surface area contributed by atoms with E-state index in [2.05, 4.69) is 10.0 Å². The van der Waals surface area contributed by atoms with Gasteiger partial charge in [-0.05, 0) is 44.5 Å². The van der Waals surface area contributed by atoms with E-state index in [0.717, 1.165) is 0 Å². The molecule has 0 unspecified atom stereocenters. The van der Waals surface area contributed by atoms with Gasteiger partial charge in [0.2, 0.25) is 15.9 Å². The Balaban J connectivity index is 2.24. The van der Waals surface area contributed by atoms with Crippen molar-refractivity contribution in [3.05, 3.63) is 59.9 Å². The summed E-state index contributed by atoms with van der Waals surface area (Å²) in [5.74, 6) is -0.975. The van der Waals surface area contributed by atoms with Crippen molar-refractivity contribution in [2.24, 2.45) is 0 Å². The van der Waals surface area contributed by atoms with Crippen LogP contribution in [-0.4, -0.2) is 19.9 Å². The van der Waals surface area contributed by atoms with Crippen LogP contribution in [0.1, 0.15) is 26.3 Å². The van der Waals surface area contributed by atoms with Gasteiger partial charge in [0.15, 0.2) is 0 Å². The standard InChI is InChI=1S/C18H21FN2O3S/c1-18(2,3)21-25(23,24)16-11-7-6-10-15(16)20-17(22)12-13-8-4-5-9-14(13)19/h4-11,21H,12H2,1-3H3,(H,20,22). The van der Waals surface area contributed by atoms with Crippen LogP contribution < -0.4 is 10.0 Å². The Morgan fingerprint density at radius 2 is 1.64 bits per heavy atom. The highest BCUT2D eigenvalue weighted by Gasteiger charge is 2.25. The van der Waals surface area contributed by atoms with Crippen molar-refractivity contribution >= 4 is 21.6 Å². The molecular weight excluding hydrogens is 343 g/mol. The lowest BCUT2D eigenvalue weighted by atomic mass is 10.1. The first-order valence-electron chi connectivity index (χ1n) is 7.75. The Hall–Kier alpha value is -2.25. The maximum atomic E-state index is 13.7. The smallest absolute Gasteiger partial charge is 0.243 e. The normalized spacial score (nSPS) is 12.0. The third kappa shape index (κ3) is 5.37. The van der Waals surface area contributed by atoms with Crippen molar-refractivity contribution in [3.8, 4) is 0 Å². The Morgan fingerprint density at radius 3 is 2.28 bits per heavy atom. The molecule has 0 bridgehead atoms. The largest absolute Gasteiger partial charge is 0.325 e. The maximum Gasteiger partial charge on any atom is 0.243 e. The molecule has 0 atom stereocenters. The first kappa shape index (κ1) is 19.1. The fourth-order valence-electron chi connectivity index (χ4n) is 2.27. The summed E-state index contributed by atoms with van der Waals surface area (Å²) in [5, 5.41) is 2.55. The molecule has 0 spiro atoms. The second kappa shape index (κ2) is 7.33. The van der Waals surface area contributed by atoms with E-state index in [-0.39, 0.29) is 22.6 Å². The molecule has 134 valence electrons. The van der Waals surface area contributed by atoms with Gasteiger partial charge in [0.05, 0.1) is 12.1 Å². The predicted molar refractivity (Wildman–Crippen MR) is 95.3 cm³/mol. The summed E-state index contributed by atoms with van der Waals surface area (Å²) >= 11 is 0. The summed E-state index contributed by atoms with van der Waals surface area (Å²) in [6, 6.07) is 12.1. The Morgan fingerprint density at radius 1 is 1.04 bits per heavy atom. The Labute approximate surface area is 147 Å². The molecule has 0 aliphatic rings. The minimum atomic E-state index is -3.81. The average Bonchev–Trinajstić information content (AvgIpc) is 2.47. The quantitative estimate of drug-likeness (QED) is 0.856. The lowest BCUT2D eigenvalue weighted by molar-refractivity contribution is -0.115. The molecule has 0 radical (unpaired) electrons. The number of para-hydroxylation sites is 1. The third-order valence-corrected chi connectivity index (χ3v) is 5.02. The first-order valence-corrected chi connectivity index (χ1v) is 9.23. The van der Waals surface area contributed by atoms with Gasteiger partial charge >= 0.3 is 0 Å². The van der Waals surface area contributed by atoms with E-state index in [4.69, 9.17) is 0 Å². The summed E-state index contributed by atoms with van der Waals surface area (Å²) in [6.07, 6.45) is -0.187. The molecule has 25 heavy (non-hydrogen) atoms. The van der Waals surface area contributed by atoms with Crippen LogP contribution >= 0.6 is 0 Å². The van der Waals surface area contributed by atoms with Gasteiger partial charge in [0.1, 0.15) is 10.7 Å². The molecule has 1 amide bonds. The number of anilines is 1. The van der Waals surface area contributed by atoms with Crippen LogP contribution in [0.4, 0.5) is 10.1 Å². The van der Waals surface area contributed by atoms with Crippen LogP contribution in [0, 0.1) is 5.82 Å². The molecule has 2 N–H and O–H groups in total. The Bertz CT molecular complexity index is 874. The number of sulfonamides is 1. The zero-order valence-corrected chi connectivity index (χ0v) is 15.2. The number of carbonyl (C=O) groups is 1. The molecule has 0 aliphatic heterocycles. The van der Waals surface area contributed by atoms with E-state index in [1.807, 2.05) is 0 Å². The van der Waals surface area contributed by atoms with Crippen LogP contribution in [-0.2, 0) is 21.2 Å². The van der Waals surface area contributed by atoms with Crippen molar-refractivity contribution in [1.29, 1.82) is 0 Å². The number of nitrogens with one attached hydrogen (secondary N) is 2. The Kier molecular flexibility index (Phi) is 5.59. The fraction of sp³-hybridized carbons (Fsp3) is 0.278. The van der Waals surface area contributed by atoms with Gasteiger partial charge < -0.3 is 5.32 Å². The molecule has 7 heteroatoms. The number of hydrogen-bond donors (Lipinski definition) is 2. The van der Waals surface area contributed by atoms with Gasteiger partial charge in [-0.1, -0.05) is 30.3 Å². The number of halogens is 1. The van der Waals surface area contributed by atoms with E-state index in [9.17, 15) is 17.6 Å². The van der Waals surface area contributed by atoms with E-state index in [0.29, 0.717) is 0 Å². The SMILES string of the molecule is CC(C)(C)NS(=O)(=O)c1ccccc1NC(=O)Cc1ccccc1F. The maximum absolute atomic E-state index is 13.7. The summed E-state index contributed by atoms with van der Waals surface area (Å²) in [7, 11) is -3.81. The minimum Gasteiger partial charge on any atom is -0.325 e. The molecule has 0 heterocycles. The van der Waals surface area contributed by atoms with Crippen molar-refractivity contribution in [3.63, 3.8) is 0 Å². The number of amides is 1. The summed E-state index contributed by atoms with van der Waals surface area (Å²) in [6.45, 7) is 5.18. The van der Waals surface area contributed by atoms with Crippen molar-refractivity contribution in [2.45, 2.75) is 37.6 Å². The molecule has 2 aromatic carbocycles. The van der Waals surface area contributed by atoms with Gasteiger partial charge in [0, 0.05) is 5.54 Å².